The van der Waals surface area contributed by atoms with Crippen molar-refractivity contribution in [2.45, 2.75) is 18.6 Å². The lowest BCUT2D eigenvalue weighted by molar-refractivity contribution is -0.120. The summed E-state index contributed by atoms with van der Waals surface area (Å²) in [6.07, 6.45) is 0. The Bertz CT molecular complexity index is 1130. The predicted molar refractivity (Wildman–Crippen MR) is 113 cm³/mol. The first-order valence-corrected chi connectivity index (χ1v) is 10.1. The van der Waals surface area contributed by atoms with Gasteiger partial charge in [-0.25, -0.2) is 9.67 Å². The van der Waals surface area contributed by atoms with E-state index in [1.165, 1.54) is 4.90 Å². The largest absolute Gasteiger partial charge is 0.489 e. The first kappa shape index (κ1) is 19.3. The molecule has 31 heavy (non-hydrogen) atoms. The Kier molecular flexibility index (Phi) is 4.87. The third-order valence-corrected chi connectivity index (χ3v) is 5.53. The maximum absolute atomic E-state index is 12.9. The van der Waals surface area contributed by atoms with E-state index in [1.807, 2.05) is 42.5 Å². The van der Waals surface area contributed by atoms with Gasteiger partial charge < -0.3 is 20.3 Å². The molecule has 2 atom stereocenters. The van der Waals surface area contributed by atoms with Crippen molar-refractivity contribution in [1.82, 2.24) is 25.4 Å². The van der Waals surface area contributed by atoms with Gasteiger partial charge in [-0.05, 0) is 17.7 Å². The molecule has 2 amide bonds. The quantitative estimate of drug-likeness (QED) is 0.661. The van der Waals surface area contributed by atoms with Gasteiger partial charge in [0.15, 0.2) is 0 Å². The zero-order valence-electron chi connectivity index (χ0n) is 17.0. The molecular weight excluding hydrogens is 396 g/mol. The van der Waals surface area contributed by atoms with Gasteiger partial charge in [-0.3, -0.25) is 9.59 Å². The monoisotopic (exact) mass is 418 g/mol. The molecule has 0 bridgehead atoms. The number of nitrogens with zero attached hydrogens (tertiary/aromatic N) is 4. The summed E-state index contributed by atoms with van der Waals surface area (Å²) in [6.45, 7) is 1.37. The zero-order valence-corrected chi connectivity index (χ0v) is 17.0. The van der Waals surface area contributed by atoms with Gasteiger partial charge in [0.1, 0.15) is 24.2 Å². The number of hydrogen-bond donors (Lipinski definition) is 2. The zero-order chi connectivity index (χ0) is 21.4. The molecule has 0 spiro atoms. The highest BCUT2D eigenvalue weighted by Gasteiger charge is 2.33. The fourth-order valence-electron chi connectivity index (χ4n) is 3.93. The summed E-state index contributed by atoms with van der Waals surface area (Å²) in [6, 6.07) is 16.2. The molecule has 1 aromatic heterocycles. The number of ether oxygens (including phenoxy) is 1. The molecule has 1 unspecified atom stereocenters. The van der Waals surface area contributed by atoms with Crippen LogP contribution >= 0.6 is 0 Å². The third-order valence-electron chi connectivity index (χ3n) is 5.53. The number of amides is 2. The maximum Gasteiger partial charge on any atom is 0.291 e. The minimum Gasteiger partial charge on any atom is -0.489 e. The number of aromatic nitrogens is 3. The van der Waals surface area contributed by atoms with Crippen LogP contribution in [0.3, 0.4) is 0 Å². The second kappa shape index (κ2) is 7.84. The highest BCUT2D eigenvalue weighted by atomic mass is 16.5. The Morgan fingerprint density at radius 3 is 2.77 bits per heavy atom. The first-order chi connectivity index (χ1) is 15.1. The molecule has 0 fully saturated rings. The fourth-order valence-corrected chi connectivity index (χ4v) is 3.93. The van der Waals surface area contributed by atoms with E-state index in [0.717, 1.165) is 12.1 Å². The third kappa shape index (κ3) is 3.53. The summed E-state index contributed by atoms with van der Waals surface area (Å²) >= 11 is 0. The molecule has 2 N–H and O–H groups in total. The summed E-state index contributed by atoms with van der Waals surface area (Å²) < 4.78 is 7.51. The summed E-state index contributed by atoms with van der Waals surface area (Å²) in [7, 11) is 1.67. The summed E-state index contributed by atoms with van der Waals surface area (Å²) in [5.41, 5.74) is 1.71. The highest BCUT2D eigenvalue weighted by Crippen LogP contribution is 2.30. The van der Waals surface area contributed by atoms with Gasteiger partial charge in [-0.1, -0.05) is 42.5 Å². The Balaban J connectivity index is 1.36. The van der Waals surface area contributed by atoms with E-state index in [1.54, 1.807) is 23.9 Å². The maximum atomic E-state index is 12.9. The molecule has 2 aliphatic heterocycles. The van der Waals surface area contributed by atoms with E-state index in [2.05, 4.69) is 20.7 Å². The molecule has 3 aromatic rings. The number of likely N-dealkylation sites (N-methyl/N-ethyl adjacent to an activating group) is 1. The molecule has 0 saturated carbocycles. The van der Waals surface area contributed by atoms with Crippen LogP contribution in [0.15, 0.2) is 54.6 Å². The smallest absolute Gasteiger partial charge is 0.291 e. The summed E-state index contributed by atoms with van der Waals surface area (Å²) in [4.78, 5) is 31.8. The molecule has 0 aliphatic carbocycles. The standard InChI is InChI=1S/C22H22N6O3/c1-27-16-9-5-6-10-17(16)31-13-15(22(27)30)24-21(29)19-25-20-18(14-7-3-2-4-8-14)23-11-12-28(20)26-19/h2-10,15,18,23H,11-13H2,1H3,(H,24,29)/t15-,18?/m0/s1. The number of para-hydroxylation sites is 2. The topological polar surface area (TPSA) is 101 Å². The van der Waals surface area contributed by atoms with Crippen LogP contribution < -0.4 is 20.3 Å². The lowest BCUT2D eigenvalue weighted by Gasteiger charge is -2.23. The van der Waals surface area contributed by atoms with E-state index in [-0.39, 0.29) is 24.4 Å². The first-order valence-electron chi connectivity index (χ1n) is 10.1. The van der Waals surface area contributed by atoms with E-state index in [0.29, 0.717) is 23.8 Å². The van der Waals surface area contributed by atoms with Crippen molar-refractivity contribution < 1.29 is 14.3 Å². The molecule has 0 saturated heterocycles. The van der Waals surface area contributed by atoms with Crippen molar-refractivity contribution in [1.29, 1.82) is 0 Å². The normalized spacial score (nSPS) is 20.3. The van der Waals surface area contributed by atoms with Gasteiger partial charge in [0.05, 0.1) is 18.3 Å². The number of benzene rings is 2. The average Bonchev–Trinajstić information content (AvgIpc) is 3.22. The van der Waals surface area contributed by atoms with Gasteiger partial charge in [-0.2, -0.15) is 0 Å². The van der Waals surface area contributed by atoms with Crippen LogP contribution in [0.25, 0.3) is 0 Å². The number of nitrogens with one attached hydrogen (secondary N) is 2. The van der Waals surface area contributed by atoms with Gasteiger partial charge >= 0.3 is 0 Å². The number of carbonyl (C=O) groups excluding carboxylic acids is 2. The van der Waals surface area contributed by atoms with Gasteiger partial charge in [0, 0.05) is 13.6 Å². The molecule has 158 valence electrons. The second-order valence-electron chi connectivity index (χ2n) is 7.52. The van der Waals surface area contributed by atoms with Crippen LogP contribution in [-0.2, 0) is 11.3 Å². The highest BCUT2D eigenvalue weighted by molar-refractivity contribution is 6.02. The number of hydrogen-bond acceptors (Lipinski definition) is 6. The number of rotatable bonds is 3. The molecule has 3 heterocycles. The van der Waals surface area contributed by atoms with Crippen molar-refractivity contribution in [3.8, 4) is 5.75 Å². The molecule has 2 aromatic carbocycles. The Hall–Kier alpha value is -3.72. The number of fused-ring (bicyclic) bond motifs is 2. The van der Waals surface area contributed by atoms with Crippen molar-refractivity contribution in [3.05, 3.63) is 71.8 Å². The van der Waals surface area contributed by atoms with Crippen molar-refractivity contribution in [2.24, 2.45) is 0 Å². The lowest BCUT2D eigenvalue weighted by Crippen LogP contribution is -2.49. The Morgan fingerprint density at radius 2 is 1.94 bits per heavy atom. The van der Waals surface area contributed by atoms with Gasteiger partial charge in [-0.15, -0.1) is 5.10 Å². The Labute approximate surface area is 179 Å². The fraction of sp³-hybridized carbons (Fsp3) is 0.273. The Morgan fingerprint density at radius 1 is 1.16 bits per heavy atom. The average molecular weight is 418 g/mol. The molecule has 9 nitrogen and oxygen atoms in total. The van der Waals surface area contributed by atoms with Crippen LogP contribution in [0, 0.1) is 0 Å². The number of anilines is 1. The second-order valence-corrected chi connectivity index (χ2v) is 7.52. The molecule has 0 radical (unpaired) electrons. The van der Waals surface area contributed by atoms with Crippen molar-refractivity contribution >= 4 is 17.5 Å². The van der Waals surface area contributed by atoms with Gasteiger partial charge in [0.25, 0.3) is 11.8 Å². The van der Waals surface area contributed by atoms with E-state index in [4.69, 9.17) is 4.74 Å². The van der Waals surface area contributed by atoms with Crippen LogP contribution in [0.5, 0.6) is 5.75 Å². The summed E-state index contributed by atoms with van der Waals surface area (Å²) in [5.74, 6) is 0.552. The van der Waals surface area contributed by atoms with Crippen LogP contribution in [-0.4, -0.2) is 52.8 Å². The van der Waals surface area contributed by atoms with Crippen LogP contribution in [0.4, 0.5) is 5.69 Å². The lowest BCUT2D eigenvalue weighted by atomic mass is 10.1. The predicted octanol–water partition coefficient (Wildman–Crippen LogP) is 1.12. The molecular formula is C22H22N6O3. The van der Waals surface area contributed by atoms with Crippen LogP contribution in [0.2, 0.25) is 0 Å². The van der Waals surface area contributed by atoms with E-state index >= 15 is 0 Å². The summed E-state index contributed by atoms with van der Waals surface area (Å²) in [5, 5.41) is 10.5. The van der Waals surface area contributed by atoms with E-state index in [9.17, 15) is 9.59 Å². The minimum absolute atomic E-state index is 0.0354. The SMILES string of the molecule is CN1C(=O)[C@@H](NC(=O)c2nc3n(n2)CCNC3c2ccccc2)COc2ccccc21. The van der Waals surface area contributed by atoms with Crippen LogP contribution in [0.1, 0.15) is 28.0 Å². The molecule has 2 aliphatic rings. The van der Waals surface area contributed by atoms with E-state index < -0.39 is 11.9 Å². The number of carbonyl (C=O) groups is 2. The molecule has 5 rings (SSSR count). The van der Waals surface area contributed by atoms with Crippen molar-refractivity contribution in [2.75, 3.05) is 25.1 Å². The van der Waals surface area contributed by atoms with Crippen molar-refractivity contribution in [3.63, 3.8) is 0 Å². The van der Waals surface area contributed by atoms with Gasteiger partial charge in [0.2, 0.25) is 5.82 Å². The molecule has 9 heteroatoms. The minimum atomic E-state index is -0.839.